The first-order valence-electron chi connectivity index (χ1n) is 8.87. The standard InChI is InChI=1S/C20H25NO4/c1-4-25-13-7-5-12(6-8-13)21-19(22)17-14-9-10-15(16(14)11(2)3)18(17)20(23)24/h5-8,14-15,17-18H,4,9-10H2,1-3H3,(H,21,22)(H,23,24)/t14-,15+,17-,18+/m1/s1. The van der Waals surface area contributed by atoms with Gasteiger partial charge in [0.1, 0.15) is 5.75 Å². The average molecular weight is 343 g/mol. The van der Waals surface area contributed by atoms with Gasteiger partial charge in [-0.15, -0.1) is 0 Å². The van der Waals surface area contributed by atoms with Gasteiger partial charge < -0.3 is 15.2 Å². The van der Waals surface area contributed by atoms with Gasteiger partial charge in [-0.3, -0.25) is 9.59 Å². The molecule has 0 heterocycles. The Balaban J connectivity index is 1.81. The number of nitrogens with one attached hydrogen (secondary N) is 1. The lowest BCUT2D eigenvalue weighted by Crippen LogP contribution is -2.37. The first kappa shape index (κ1) is 17.5. The molecule has 0 saturated heterocycles. The van der Waals surface area contributed by atoms with Gasteiger partial charge in [-0.2, -0.15) is 0 Å². The first-order valence-corrected chi connectivity index (χ1v) is 8.87. The molecule has 0 aromatic heterocycles. The van der Waals surface area contributed by atoms with Gasteiger partial charge in [-0.25, -0.2) is 0 Å². The number of anilines is 1. The van der Waals surface area contributed by atoms with Crippen LogP contribution in [0.15, 0.2) is 35.4 Å². The fraction of sp³-hybridized carbons (Fsp3) is 0.500. The van der Waals surface area contributed by atoms with Gasteiger partial charge in [-0.1, -0.05) is 11.1 Å². The predicted molar refractivity (Wildman–Crippen MR) is 95.4 cm³/mol. The van der Waals surface area contributed by atoms with Gasteiger partial charge >= 0.3 is 5.97 Å². The van der Waals surface area contributed by atoms with Crippen LogP contribution in [0.5, 0.6) is 5.75 Å². The summed E-state index contributed by atoms with van der Waals surface area (Å²) in [5.41, 5.74) is 3.02. The molecule has 1 amide bonds. The highest BCUT2D eigenvalue weighted by atomic mass is 16.5. The predicted octanol–water partition coefficient (Wildman–Crippen LogP) is 3.72. The van der Waals surface area contributed by atoms with Gasteiger partial charge in [0.15, 0.2) is 0 Å². The zero-order chi connectivity index (χ0) is 18.1. The fourth-order valence-electron chi connectivity index (χ4n) is 4.63. The average Bonchev–Trinajstić information content (AvgIpc) is 3.13. The lowest BCUT2D eigenvalue weighted by Gasteiger charge is -2.26. The maximum Gasteiger partial charge on any atom is 0.307 e. The molecule has 4 atom stereocenters. The number of rotatable bonds is 5. The second-order valence-corrected chi connectivity index (χ2v) is 7.08. The van der Waals surface area contributed by atoms with Crippen LogP contribution in [0.2, 0.25) is 0 Å². The molecule has 134 valence electrons. The SMILES string of the molecule is CCOc1ccc(NC(=O)[C@H]2[C@@H](C(=O)O)[C@H]3CC[C@@H]2C3=C(C)C)cc1. The second kappa shape index (κ2) is 6.90. The van der Waals surface area contributed by atoms with Crippen molar-refractivity contribution < 1.29 is 19.4 Å². The van der Waals surface area contributed by atoms with E-state index < -0.39 is 17.8 Å². The smallest absolute Gasteiger partial charge is 0.307 e. The van der Waals surface area contributed by atoms with Gasteiger partial charge in [0, 0.05) is 5.69 Å². The third-order valence-corrected chi connectivity index (χ3v) is 5.44. The molecular weight excluding hydrogens is 318 g/mol. The molecule has 1 aromatic rings. The monoisotopic (exact) mass is 343 g/mol. The molecule has 2 aliphatic rings. The van der Waals surface area contributed by atoms with Gasteiger partial charge in [-0.05, 0) is 69.7 Å². The van der Waals surface area contributed by atoms with Crippen molar-refractivity contribution in [1.29, 1.82) is 0 Å². The number of hydrogen-bond acceptors (Lipinski definition) is 3. The molecule has 2 bridgehead atoms. The quantitative estimate of drug-likeness (QED) is 0.799. The summed E-state index contributed by atoms with van der Waals surface area (Å²) >= 11 is 0. The van der Waals surface area contributed by atoms with Crippen LogP contribution in [0.1, 0.15) is 33.6 Å². The highest BCUT2D eigenvalue weighted by Crippen LogP contribution is 2.57. The Bertz CT molecular complexity index is 703. The van der Waals surface area contributed by atoms with E-state index in [1.807, 2.05) is 20.8 Å². The summed E-state index contributed by atoms with van der Waals surface area (Å²) in [5.74, 6) is -1.36. The normalized spacial score (nSPS) is 27.2. The van der Waals surface area contributed by atoms with Crippen molar-refractivity contribution in [2.24, 2.45) is 23.7 Å². The Kier molecular flexibility index (Phi) is 4.84. The van der Waals surface area contributed by atoms with E-state index in [2.05, 4.69) is 5.32 Å². The van der Waals surface area contributed by atoms with Gasteiger partial charge in [0.2, 0.25) is 5.91 Å². The molecule has 1 aromatic carbocycles. The first-order chi connectivity index (χ1) is 11.9. The lowest BCUT2D eigenvalue weighted by molar-refractivity contribution is -0.148. The van der Waals surface area contributed by atoms with Crippen molar-refractivity contribution in [3.05, 3.63) is 35.4 Å². The summed E-state index contributed by atoms with van der Waals surface area (Å²) in [6.07, 6.45) is 1.77. The number of amides is 1. The number of carboxylic acid groups (broad SMARTS) is 1. The van der Waals surface area contributed by atoms with Crippen LogP contribution in [0.25, 0.3) is 0 Å². The summed E-state index contributed by atoms with van der Waals surface area (Å²) in [5, 5.41) is 12.6. The summed E-state index contributed by atoms with van der Waals surface area (Å²) in [7, 11) is 0. The zero-order valence-electron chi connectivity index (χ0n) is 14.9. The Morgan fingerprint density at radius 3 is 2.24 bits per heavy atom. The Labute approximate surface area is 148 Å². The number of allylic oxidation sites excluding steroid dienone is 2. The summed E-state index contributed by atoms with van der Waals surface area (Å²) < 4.78 is 5.40. The van der Waals surface area contributed by atoms with Crippen LogP contribution in [0.4, 0.5) is 5.69 Å². The molecule has 25 heavy (non-hydrogen) atoms. The molecule has 0 spiro atoms. The summed E-state index contributed by atoms with van der Waals surface area (Å²) in [6.45, 7) is 6.54. The van der Waals surface area contributed by atoms with E-state index in [1.54, 1.807) is 24.3 Å². The highest BCUT2D eigenvalue weighted by molar-refractivity contribution is 5.96. The number of fused-ring (bicyclic) bond motifs is 2. The van der Waals surface area contributed by atoms with Crippen LogP contribution in [-0.4, -0.2) is 23.6 Å². The maximum atomic E-state index is 12.9. The number of carbonyl (C=O) groups excluding carboxylic acids is 1. The molecule has 5 nitrogen and oxygen atoms in total. The topological polar surface area (TPSA) is 75.6 Å². The second-order valence-electron chi connectivity index (χ2n) is 7.08. The number of hydrogen-bond donors (Lipinski definition) is 2. The van der Waals surface area contributed by atoms with Crippen molar-refractivity contribution in [2.75, 3.05) is 11.9 Å². The van der Waals surface area contributed by atoms with E-state index in [9.17, 15) is 14.7 Å². The van der Waals surface area contributed by atoms with Crippen molar-refractivity contribution in [2.45, 2.75) is 33.6 Å². The highest BCUT2D eigenvalue weighted by Gasteiger charge is 2.57. The lowest BCUT2D eigenvalue weighted by atomic mass is 9.78. The molecule has 3 rings (SSSR count). The number of ether oxygens (including phenoxy) is 1. The number of carbonyl (C=O) groups is 2. The van der Waals surface area contributed by atoms with Crippen LogP contribution >= 0.6 is 0 Å². The molecule has 2 N–H and O–H groups in total. The van der Waals surface area contributed by atoms with E-state index in [0.717, 1.165) is 24.2 Å². The van der Waals surface area contributed by atoms with Crippen molar-refractivity contribution in [1.82, 2.24) is 0 Å². The van der Waals surface area contributed by atoms with Crippen LogP contribution in [0, 0.1) is 23.7 Å². The molecule has 2 aliphatic carbocycles. The van der Waals surface area contributed by atoms with Crippen LogP contribution in [-0.2, 0) is 9.59 Å². The van der Waals surface area contributed by atoms with Gasteiger partial charge in [0.25, 0.3) is 0 Å². The Morgan fingerprint density at radius 2 is 1.72 bits per heavy atom. The number of benzene rings is 1. The molecular formula is C20H25NO4. The van der Waals surface area contributed by atoms with E-state index in [0.29, 0.717) is 12.3 Å². The molecule has 5 heteroatoms. The van der Waals surface area contributed by atoms with Crippen LogP contribution in [0.3, 0.4) is 0 Å². The number of carboxylic acids is 1. The molecule has 2 fully saturated rings. The van der Waals surface area contributed by atoms with E-state index in [4.69, 9.17) is 4.74 Å². The maximum absolute atomic E-state index is 12.9. The van der Waals surface area contributed by atoms with E-state index >= 15 is 0 Å². The van der Waals surface area contributed by atoms with Crippen molar-refractivity contribution in [3.63, 3.8) is 0 Å². The van der Waals surface area contributed by atoms with E-state index in [1.165, 1.54) is 5.57 Å². The van der Waals surface area contributed by atoms with E-state index in [-0.39, 0.29) is 17.7 Å². The molecule has 0 aliphatic heterocycles. The Morgan fingerprint density at radius 1 is 1.12 bits per heavy atom. The molecule has 2 saturated carbocycles. The fourth-order valence-corrected chi connectivity index (χ4v) is 4.63. The minimum atomic E-state index is -0.863. The summed E-state index contributed by atoms with van der Waals surface area (Å²) in [6, 6.07) is 7.17. The number of aliphatic carboxylic acids is 1. The third kappa shape index (κ3) is 3.15. The minimum Gasteiger partial charge on any atom is -0.494 e. The third-order valence-electron chi connectivity index (χ3n) is 5.44. The molecule has 0 radical (unpaired) electrons. The Hall–Kier alpha value is -2.30. The van der Waals surface area contributed by atoms with Gasteiger partial charge in [0.05, 0.1) is 18.4 Å². The molecule has 0 unspecified atom stereocenters. The van der Waals surface area contributed by atoms with Crippen molar-refractivity contribution in [3.8, 4) is 5.75 Å². The minimum absolute atomic E-state index is 0.00331. The largest absolute Gasteiger partial charge is 0.494 e. The van der Waals surface area contributed by atoms with Crippen molar-refractivity contribution >= 4 is 17.6 Å². The summed E-state index contributed by atoms with van der Waals surface area (Å²) in [4.78, 5) is 24.7. The van der Waals surface area contributed by atoms with Crippen LogP contribution < -0.4 is 10.1 Å². The zero-order valence-corrected chi connectivity index (χ0v) is 14.9.